The molecule has 0 saturated carbocycles. The molecule has 0 atom stereocenters. The first-order valence-electron chi connectivity index (χ1n) is 11.5. The number of benzene rings is 1. The van der Waals surface area contributed by atoms with Crippen LogP contribution in [0.1, 0.15) is 30.9 Å². The van der Waals surface area contributed by atoms with Crippen molar-refractivity contribution in [3.05, 3.63) is 113 Å². The van der Waals surface area contributed by atoms with Crippen molar-refractivity contribution in [2.75, 3.05) is 0 Å². The minimum Gasteiger partial charge on any atom is -0.252 e. The van der Waals surface area contributed by atoms with Gasteiger partial charge in [0.05, 0.1) is 17.1 Å². The van der Waals surface area contributed by atoms with Crippen LogP contribution in [0.4, 0.5) is 17.6 Å². The second-order valence-electron chi connectivity index (χ2n) is 9.11. The first-order chi connectivity index (χ1) is 18.0. The molecule has 0 radical (unpaired) electrons. The third kappa shape index (κ3) is 5.02. The van der Waals surface area contributed by atoms with Gasteiger partial charge in [0.1, 0.15) is 5.15 Å². The summed E-state index contributed by atoms with van der Waals surface area (Å²) in [5.41, 5.74) is 2.10. The fraction of sp³-hybridized carbons (Fsp3) is 0.143. The monoisotopic (exact) mass is 537 g/mol. The minimum absolute atomic E-state index is 0.0225. The Morgan fingerprint density at radius 1 is 0.737 bits per heavy atom. The number of pyridine rings is 3. The highest BCUT2D eigenvalue weighted by Gasteiger charge is 2.34. The van der Waals surface area contributed by atoms with Crippen LogP contribution < -0.4 is 0 Å². The smallest absolute Gasteiger partial charge is 0.252 e. The Hall–Kier alpha value is -4.11. The second kappa shape index (κ2) is 9.64. The summed E-state index contributed by atoms with van der Waals surface area (Å²) in [5, 5.41) is 3.61. The third-order valence-corrected chi connectivity index (χ3v) is 6.44. The molecule has 0 bridgehead atoms. The lowest BCUT2D eigenvalue weighted by atomic mass is 9.83. The van der Waals surface area contributed by atoms with Gasteiger partial charge in [0, 0.05) is 17.2 Å². The molecule has 5 aromatic rings. The lowest BCUT2D eigenvalue weighted by Gasteiger charge is -2.25. The highest BCUT2D eigenvalue weighted by atomic mass is 35.5. The highest BCUT2D eigenvalue weighted by Crippen LogP contribution is 2.36. The van der Waals surface area contributed by atoms with Crippen LogP contribution in [0.25, 0.3) is 28.2 Å². The van der Waals surface area contributed by atoms with Gasteiger partial charge in [-0.05, 0) is 67.4 Å². The summed E-state index contributed by atoms with van der Waals surface area (Å²) in [6.45, 7) is 3.82. The number of hydrogen-bond acceptors (Lipinski definition) is 4. The molecule has 5 nitrogen and oxygen atoms in total. The van der Waals surface area contributed by atoms with E-state index in [2.05, 4.69) is 15.1 Å². The van der Waals surface area contributed by atoms with Crippen molar-refractivity contribution in [1.82, 2.24) is 24.7 Å². The van der Waals surface area contributed by atoms with Crippen LogP contribution in [-0.4, -0.2) is 24.7 Å². The van der Waals surface area contributed by atoms with E-state index in [1.165, 1.54) is 18.3 Å². The van der Waals surface area contributed by atoms with E-state index >= 15 is 0 Å². The molecule has 0 saturated heterocycles. The number of rotatable bonds is 5. The molecule has 0 N–H and O–H groups in total. The number of hydrogen-bond donors (Lipinski definition) is 0. The van der Waals surface area contributed by atoms with Gasteiger partial charge in [-0.15, -0.1) is 0 Å². The summed E-state index contributed by atoms with van der Waals surface area (Å²) in [6, 6.07) is 22.1. The Balaban J connectivity index is 1.63. The zero-order chi connectivity index (χ0) is 27.1. The minimum atomic E-state index is -4.56. The van der Waals surface area contributed by atoms with Crippen molar-refractivity contribution >= 4 is 11.6 Å². The Morgan fingerprint density at radius 3 is 2.18 bits per heavy atom. The van der Waals surface area contributed by atoms with E-state index in [4.69, 9.17) is 16.6 Å². The normalized spacial score (nSPS) is 12.1. The van der Waals surface area contributed by atoms with Gasteiger partial charge in [-0.2, -0.15) is 22.7 Å². The van der Waals surface area contributed by atoms with Crippen LogP contribution in [0.3, 0.4) is 0 Å². The molecule has 0 aliphatic heterocycles. The maximum absolute atomic E-state index is 13.6. The van der Waals surface area contributed by atoms with Crippen molar-refractivity contribution < 1.29 is 17.6 Å². The average molecular weight is 538 g/mol. The van der Waals surface area contributed by atoms with Crippen LogP contribution in [0.15, 0.2) is 85.1 Å². The molecule has 10 heteroatoms. The summed E-state index contributed by atoms with van der Waals surface area (Å²) in [6.07, 6.45) is -3.34. The van der Waals surface area contributed by atoms with Crippen LogP contribution in [0.5, 0.6) is 0 Å². The molecule has 4 aromatic heterocycles. The van der Waals surface area contributed by atoms with Gasteiger partial charge in [0.25, 0.3) is 0 Å². The molecule has 0 amide bonds. The van der Waals surface area contributed by atoms with Gasteiger partial charge in [-0.25, -0.2) is 14.6 Å². The van der Waals surface area contributed by atoms with Gasteiger partial charge in [-0.1, -0.05) is 48.0 Å². The second-order valence-corrected chi connectivity index (χ2v) is 9.47. The molecule has 1 aromatic carbocycles. The van der Waals surface area contributed by atoms with Crippen molar-refractivity contribution in [3.63, 3.8) is 0 Å². The summed E-state index contributed by atoms with van der Waals surface area (Å²) in [7, 11) is 0. The van der Waals surface area contributed by atoms with Gasteiger partial charge >= 0.3 is 6.18 Å². The Morgan fingerprint density at radius 2 is 1.50 bits per heavy atom. The maximum Gasteiger partial charge on any atom is 0.435 e. The van der Waals surface area contributed by atoms with E-state index in [0.29, 0.717) is 22.6 Å². The molecular formula is C28H20ClF4N5. The molecular weight excluding hydrogens is 518 g/mol. The summed E-state index contributed by atoms with van der Waals surface area (Å²) in [5.74, 6) is -0.469. The average Bonchev–Trinajstić information content (AvgIpc) is 3.40. The molecule has 0 unspecified atom stereocenters. The highest BCUT2D eigenvalue weighted by molar-refractivity contribution is 6.32. The van der Waals surface area contributed by atoms with E-state index in [1.807, 2.05) is 56.3 Å². The van der Waals surface area contributed by atoms with Crippen molar-refractivity contribution in [3.8, 4) is 28.2 Å². The van der Waals surface area contributed by atoms with Crippen LogP contribution in [0, 0.1) is 5.95 Å². The molecule has 192 valence electrons. The Labute approximate surface area is 220 Å². The van der Waals surface area contributed by atoms with E-state index in [0.717, 1.165) is 21.9 Å². The quantitative estimate of drug-likeness (QED) is 0.172. The molecule has 4 heterocycles. The summed E-state index contributed by atoms with van der Waals surface area (Å²) >= 11 is 6.28. The van der Waals surface area contributed by atoms with E-state index in [9.17, 15) is 17.6 Å². The first-order valence-corrected chi connectivity index (χ1v) is 11.9. The SMILES string of the molecule is CC(C)(c1cc(-c2ccccc2)cc(-c2ccc(F)nc2Cl)n1)c1cccc(-n2ccc(C(F)(F)F)n2)n1. The molecule has 0 aliphatic carbocycles. The fourth-order valence-corrected chi connectivity index (χ4v) is 4.26. The summed E-state index contributed by atoms with van der Waals surface area (Å²) < 4.78 is 54.0. The fourth-order valence-electron chi connectivity index (χ4n) is 4.02. The number of aromatic nitrogens is 5. The molecule has 0 fully saturated rings. The number of halogens is 5. The number of nitrogens with zero attached hydrogens (tertiary/aromatic N) is 5. The Bertz CT molecular complexity index is 1610. The zero-order valence-electron chi connectivity index (χ0n) is 20.2. The van der Waals surface area contributed by atoms with E-state index in [-0.39, 0.29) is 11.0 Å². The predicted octanol–water partition coefficient (Wildman–Crippen LogP) is 7.53. The van der Waals surface area contributed by atoms with Crippen LogP contribution in [0.2, 0.25) is 5.15 Å². The number of alkyl halides is 3. The van der Waals surface area contributed by atoms with Gasteiger partial charge in [0.2, 0.25) is 5.95 Å². The lowest BCUT2D eigenvalue weighted by Crippen LogP contribution is -2.23. The third-order valence-electron chi connectivity index (χ3n) is 6.15. The van der Waals surface area contributed by atoms with Crippen LogP contribution in [-0.2, 0) is 11.6 Å². The van der Waals surface area contributed by atoms with Gasteiger partial charge < -0.3 is 0 Å². The van der Waals surface area contributed by atoms with Gasteiger partial charge in [-0.3, -0.25) is 4.98 Å². The van der Waals surface area contributed by atoms with E-state index < -0.39 is 23.2 Å². The van der Waals surface area contributed by atoms with Crippen LogP contribution >= 0.6 is 11.6 Å². The predicted molar refractivity (Wildman–Crippen MR) is 136 cm³/mol. The molecule has 0 spiro atoms. The van der Waals surface area contributed by atoms with Crippen molar-refractivity contribution in [1.29, 1.82) is 0 Å². The first kappa shape index (κ1) is 25.5. The summed E-state index contributed by atoms with van der Waals surface area (Å²) in [4.78, 5) is 13.2. The van der Waals surface area contributed by atoms with Crippen molar-refractivity contribution in [2.45, 2.75) is 25.4 Å². The molecule has 38 heavy (non-hydrogen) atoms. The van der Waals surface area contributed by atoms with Gasteiger partial charge in [0.15, 0.2) is 11.5 Å². The standard InChI is InChI=1S/C28H20ClF4N5/c1-27(2,21-9-6-10-25(35-21)38-14-13-22(37-38)28(31,32)33)23-16-18(17-7-4-3-5-8-17)15-20(34-23)19-11-12-24(30)36-26(19)29/h3-16H,1-2H3. The largest absolute Gasteiger partial charge is 0.435 e. The topological polar surface area (TPSA) is 56.5 Å². The molecule has 5 rings (SSSR count). The molecule has 0 aliphatic rings. The van der Waals surface area contributed by atoms with Crippen molar-refractivity contribution in [2.24, 2.45) is 0 Å². The lowest BCUT2D eigenvalue weighted by molar-refractivity contribution is -0.141. The van der Waals surface area contributed by atoms with E-state index in [1.54, 1.807) is 18.2 Å². The Kier molecular flexibility index (Phi) is 6.48. The zero-order valence-corrected chi connectivity index (χ0v) is 21.0. The maximum atomic E-state index is 13.6.